The lowest BCUT2D eigenvalue weighted by Crippen LogP contribution is -2.49. The summed E-state index contributed by atoms with van der Waals surface area (Å²) in [5.74, 6) is 0.172. The van der Waals surface area contributed by atoms with E-state index in [-0.39, 0.29) is 23.5 Å². The van der Waals surface area contributed by atoms with E-state index < -0.39 is 29.1 Å². The number of carbonyl (C=O) groups excluding carboxylic acids is 2. The molecule has 2 amide bonds. The molecule has 1 aromatic rings. The molecule has 39 heavy (non-hydrogen) atoms. The molecule has 0 radical (unpaired) electrons. The highest BCUT2D eigenvalue weighted by atomic mass is 79.9. The second-order valence-corrected chi connectivity index (χ2v) is 14.2. The third kappa shape index (κ3) is 5.94. The van der Waals surface area contributed by atoms with Crippen molar-refractivity contribution in [2.45, 2.75) is 123 Å². The predicted octanol–water partition coefficient (Wildman–Crippen LogP) is 7.56. The van der Waals surface area contributed by atoms with Crippen LogP contribution in [0.15, 0.2) is 32.7 Å². The van der Waals surface area contributed by atoms with Crippen molar-refractivity contribution in [1.82, 2.24) is 4.90 Å². The first-order valence-corrected chi connectivity index (χ1v) is 14.6. The van der Waals surface area contributed by atoms with E-state index in [2.05, 4.69) is 41.9 Å². The van der Waals surface area contributed by atoms with E-state index in [1.165, 1.54) is 5.56 Å². The van der Waals surface area contributed by atoms with E-state index in [0.717, 1.165) is 47.0 Å². The summed E-state index contributed by atoms with van der Waals surface area (Å²) >= 11 is 3.64. The first kappa shape index (κ1) is 29.7. The van der Waals surface area contributed by atoms with Crippen molar-refractivity contribution >= 4 is 39.7 Å². The Hall–Kier alpha value is -2.26. The Kier molecular flexibility index (Phi) is 7.84. The molecule has 0 aromatic heterocycles. The highest BCUT2D eigenvalue weighted by Crippen LogP contribution is 2.62. The molecule has 1 fully saturated rings. The summed E-state index contributed by atoms with van der Waals surface area (Å²) in [7, 11) is 0. The van der Waals surface area contributed by atoms with Gasteiger partial charge in [0.2, 0.25) is 0 Å². The van der Waals surface area contributed by atoms with Crippen LogP contribution in [0.3, 0.4) is 0 Å². The van der Waals surface area contributed by atoms with Crippen LogP contribution in [0.5, 0.6) is 0 Å². The Bertz CT molecular complexity index is 1170. The maximum atomic E-state index is 13.5. The number of benzene rings is 1. The zero-order valence-electron chi connectivity index (χ0n) is 24.7. The molecule has 1 atom stereocenters. The fourth-order valence-electron chi connectivity index (χ4n) is 5.98. The van der Waals surface area contributed by atoms with Gasteiger partial charge in [-0.25, -0.2) is 14.6 Å². The van der Waals surface area contributed by atoms with E-state index in [9.17, 15) is 9.59 Å². The minimum atomic E-state index is -0.962. The van der Waals surface area contributed by atoms with E-state index in [1.807, 2.05) is 6.07 Å². The lowest BCUT2D eigenvalue weighted by molar-refractivity contribution is -0.0486. The summed E-state index contributed by atoms with van der Waals surface area (Å²) in [5.41, 5.74) is -0.216. The van der Waals surface area contributed by atoms with Crippen LogP contribution in [0.4, 0.5) is 9.59 Å². The second-order valence-electron chi connectivity index (χ2n) is 13.2. The largest absolute Gasteiger partial charge is 0.443 e. The van der Waals surface area contributed by atoms with Crippen molar-refractivity contribution in [1.29, 1.82) is 0 Å². The van der Waals surface area contributed by atoms with E-state index >= 15 is 0 Å². The summed E-state index contributed by atoms with van der Waals surface area (Å²) in [6.07, 6.45) is 3.03. The van der Waals surface area contributed by atoms with E-state index in [4.69, 9.17) is 24.2 Å². The van der Waals surface area contributed by atoms with Crippen molar-refractivity contribution in [2.24, 2.45) is 15.4 Å². The van der Waals surface area contributed by atoms with Gasteiger partial charge in [0.25, 0.3) is 0 Å². The number of imide groups is 1. The van der Waals surface area contributed by atoms with Crippen LogP contribution in [0.25, 0.3) is 0 Å². The molecule has 2 spiro atoms. The third-order valence-electron chi connectivity index (χ3n) is 7.35. The van der Waals surface area contributed by atoms with Gasteiger partial charge in [0.05, 0.1) is 17.9 Å². The van der Waals surface area contributed by atoms with Crippen molar-refractivity contribution in [3.8, 4) is 0 Å². The summed E-state index contributed by atoms with van der Waals surface area (Å²) in [6, 6.07) is 6.25. The number of halogens is 1. The monoisotopic (exact) mass is 603 g/mol. The Labute approximate surface area is 240 Å². The third-order valence-corrected chi connectivity index (χ3v) is 7.85. The number of carbonyl (C=O) groups is 2. The number of nitrogens with zero attached hydrogens (tertiary/aromatic N) is 3. The van der Waals surface area contributed by atoms with Gasteiger partial charge in [0.15, 0.2) is 11.5 Å². The lowest BCUT2D eigenvalue weighted by atomic mass is 9.65. The van der Waals surface area contributed by atoms with Gasteiger partial charge in [-0.05, 0) is 112 Å². The zero-order valence-corrected chi connectivity index (χ0v) is 26.3. The van der Waals surface area contributed by atoms with E-state index in [0.29, 0.717) is 5.71 Å². The van der Waals surface area contributed by atoms with Crippen LogP contribution in [0, 0.1) is 5.41 Å². The number of hydrogen-bond acceptors (Lipinski definition) is 7. The number of aliphatic imine (C=N–C) groups is 2. The quantitative estimate of drug-likeness (QED) is 0.348. The van der Waals surface area contributed by atoms with Crippen LogP contribution >= 0.6 is 15.9 Å². The smallest absolute Gasteiger partial charge is 0.425 e. The molecule has 4 rings (SSSR count). The maximum Gasteiger partial charge on any atom is 0.425 e. The Morgan fingerprint density at radius 3 is 2.08 bits per heavy atom. The van der Waals surface area contributed by atoms with Crippen molar-refractivity contribution in [2.75, 3.05) is 0 Å². The van der Waals surface area contributed by atoms with Gasteiger partial charge in [-0.1, -0.05) is 22.0 Å². The highest BCUT2D eigenvalue weighted by molar-refractivity contribution is 9.10. The summed E-state index contributed by atoms with van der Waals surface area (Å²) < 4.78 is 18.4. The van der Waals surface area contributed by atoms with Crippen LogP contribution in [0.2, 0.25) is 0 Å². The molecule has 214 valence electrons. The van der Waals surface area contributed by atoms with Crippen LogP contribution < -0.4 is 0 Å². The minimum Gasteiger partial charge on any atom is -0.443 e. The number of amides is 2. The Morgan fingerprint density at radius 2 is 1.56 bits per heavy atom. The normalized spacial score (nSPS) is 26.5. The summed E-state index contributed by atoms with van der Waals surface area (Å²) in [4.78, 5) is 38.3. The van der Waals surface area contributed by atoms with Gasteiger partial charge in [-0.2, -0.15) is 4.90 Å². The Morgan fingerprint density at radius 1 is 1.00 bits per heavy atom. The summed E-state index contributed by atoms with van der Waals surface area (Å²) in [6.45, 7) is 16.5. The van der Waals surface area contributed by atoms with Crippen molar-refractivity contribution < 1.29 is 23.8 Å². The molecule has 1 heterocycles. The van der Waals surface area contributed by atoms with Crippen molar-refractivity contribution in [3.05, 3.63) is 33.8 Å². The highest BCUT2D eigenvalue weighted by Gasteiger charge is 2.61. The molecule has 0 saturated heterocycles. The molecule has 1 saturated carbocycles. The van der Waals surface area contributed by atoms with Crippen LogP contribution in [-0.4, -0.2) is 52.0 Å². The second kappa shape index (κ2) is 10.3. The fourth-order valence-corrected chi connectivity index (χ4v) is 6.34. The summed E-state index contributed by atoms with van der Waals surface area (Å²) in [5, 5.41) is 0. The van der Waals surface area contributed by atoms with Gasteiger partial charge >= 0.3 is 12.2 Å². The van der Waals surface area contributed by atoms with E-state index in [1.54, 1.807) is 48.5 Å². The molecule has 3 aliphatic rings. The molecule has 2 aliphatic carbocycles. The van der Waals surface area contributed by atoms with Gasteiger partial charge < -0.3 is 14.2 Å². The number of fused-ring (bicyclic) bond motifs is 3. The molecule has 1 aromatic carbocycles. The average Bonchev–Trinajstić information content (AvgIpc) is 3.23. The zero-order chi connectivity index (χ0) is 29.0. The van der Waals surface area contributed by atoms with Crippen LogP contribution in [-0.2, 0) is 26.3 Å². The van der Waals surface area contributed by atoms with Gasteiger partial charge in [-0.3, -0.25) is 4.99 Å². The van der Waals surface area contributed by atoms with Gasteiger partial charge in [-0.15, -0.1) is 0 Å². The Balaban J connectivity index is 1.83. The predicted molar refractivity (Wildman–Crippen MR) is 155 cm³/mol. The standard InChI is InChI=1S/C30H42BrN3O5/c1-18(2)37-22-12-14-29(15-13-22)17-20-10-11-21(31)16-23(20)30(29)32-19(3)24(33-30)34(25(35)38-27(4,5)6)26(36)39-28(7,8)9/h10-11,16,18,22H,12-15,17H2,1-9H3/t22-,29-,30?. The molecule has 8 nitrogen and oxygen atoms in total. The fraction of sp³-hybridized carbons (Fsp3) is 0.667. The number of amidine groups is 1. The van der Waals surface area contributed by atoms with Gasteiger partial charge in [0.1, 0.15) is 11.2 Å². The number of rotatable bonds is 2. The molecular formula is C30H42BrN3O5. The van der Waals surface area contributed by atoms with Crippen molar-refractivity contribution in [3.63, 3.8) is 0 Å². The first-order valence-electron chi connectivity index (χ1n) is 13.8. The average molecular weight is 605 g/mol. The van der Waals surface area contributed by atoms with Gasteiger partial charge in [0, 0.05) is 15.5 Å². The topological polar surface area (TPSA) is 89.8 Å². The lowest BCUT2D eigenvalue weighted by Gasteiger charge is -2.45. The molecule has 0 N–H and O–H groups in total. The molecular weight excluding hydrogens is 562 g/mol. The SMILES string of the molecule is CC1=NC2(N=C1N(C(=O)OC(C)(C)C)C(=O)OC(C)(C)C)c1cc(Br)ccc1C[C@]21CC[C@@H](OC(C)C)CC1. The molecule has 1 unspecified atom stereocenters. The minimum absolute atomic E-state index is 0.169. The van der Waals surface area contributed by atoms with Crippen LogP contribution in [0.1, 0.15) is 99.1 Å². The molecule has 0 bridgehead atoms. The maximum absolute atomic E-state index is 13.5. The molecule has 9 heteroatoms. The number of hydrogen-bond donors (Lipinski definition) is 0. The molecule has 1 aliphatic heterocycles. The first-order chi connectivity index (χ1) is 18.0. The number of ether oxygens (including phenoxy) is 3.